The van der Waals surface area contributed by atoms with E-state index in [0.29, 0.717) is 12.8 Å². The van der Waals surface area contributed by atoms with E-state index in [1.807, 2.05) is 0 Å². The summed E-state index contributed by atoms with van der Waals surface area (Å²) >= 11 is 0. The average Bonchev–Trinajstić information content (AvgIpc) is 2.13. The Hall–Kier alpha value is -0.435. The summed E-state index contributed by atoms with van der Waals surface area (Å²) in [4.78, 5) is 0. The SMILES string of the molecule is CCCCB(OCC(F)(F)F)OCC(F)(F)F. The molecule has 0 saturated heterocycles. The Labute approximate surface area is 95.4 Å². The van der Waals surface area contributed by atoms with Crippen LogP contribution >= 0.6 is 0 Å². The van der Waals surface area contributed by atoms with Crippen LogP contribution in [0.2, 0.25) is 6.32 Å². The molecule has 0 aromatic rings. The summed E-state index contributed by atoms with van der Waals surface area (Å²) in [5, 5.41) is 0. The van der Waals surface area contributed by atoms with Crippen LogP contribution in [0.3, 0.4) is 0 Å². The molecule has 0 aliphatic rings. The smallest absolute Gasteiger partial charge is 0.402 e. The molecule has 0 bridgehead atoms. The molecule has 0 saturated carbocycles. The van der Waals surface area contributed by atoms with Crippen LogP contribution in [0, 0.1) is 0 Å². The molecule has 17 heavy (non-hydrogen) atoms. The van der Waals surface area contributed by atoms with Crippen LogP contribution in [0.5, 0.6) is 0 Å². The van der Waals surface area contributed by atoms with Crippen LogP contribution in [-0.4, -0.2) is 32.7 Å². The van der Waals surface area contributed by atoms with Gasteiger partial charge in [0.05, 0.1) is 0 Å². The predicted octanol–water partition coefficient (Wildman–Crippen LogP) is 3.43. The second-order valence-corrected chi connectivity index (χ2v) is 3.42. The van der Waals surface area contributed by atoms with E-state index in [2.05, 4.69) is 9.31 Å². The minimum Gasteiger partial charge on any atom is -0.402 e. The zero-order valence-electron chi connectivity index (χ0n) is 9.20. The Morgan fingerprint density at radius 1 is 0.882 bits per heavy atom. The molecule has 0 heterocycles. The van der Waals surface area contributed by atoms with Gasteiger partial charge in [-0.05, 0) is 6.32 Å². The lowest BCUT2D eigenvalue weighted by Crippen LogP contribution is -2.32. The molecule has 0 aromatic heterocycles. The summed E-state index contributed by atoms with van der Waals surface area (Å²) in [5.41, 5.74) is 0. The van der Waals surface area contributed by atoms with Gasteiger partial charge in [0.25, 0.3) is 0 Å². The van der Waals surface area contributed by atoms with E-state index in [0.717, 1.165) is 0 Å². The molecule has 0 fully saturated rings. The molecule has 0 N–H and O–H groups in total. The monoisotopic (exact) mass is 266 g/mol. The molecule has 9 heteroatoms. The van der Waals surface area contributed by atoms with Crippen molar-refractivity contribution in [1.82, 2.24) is 0 Å². The van der Waals surface area contributed by atoms with E-state index in [9.17, 15) is 26.3 Å². The Kier molecular flexibility index (Phi) is 6.92. The van der Waals surface area contributed by atoms with Gasteiger partial charge in [-0.2, -0.15) is 26.3 Å². The highest BCUT2D eigenvalue weighted by Crippen LogP contribution is 2.19. The molecule has 2 nitrogen and oxygen atoms in total. The number of alkyl halides is 6. The molecular formula is C8H13BF6O2. The first-order chi connectivity index (χ1) is 7.64. The minimum absolute atomic E-state index is 0.00264. The second kappa shape index (κ2) is 7.10. The van der Waals surface area contributed by atoms with E-state index < -0.39 is 32.7 Å². The van der Waals surface area contributed by atoms with Crippen molar-refractivity contribution >= 4 is 7.12 Å². The molecule has 102 valence electrons. The molecule has 0 rings (SSSR count). The maximum absolute atomic E-state index is 11.8. The maximum Gasteiger partial charge on any atom is 0.457 e. The first-order valence-corrected chi connectivity index (χ1v) is 5.01. The summed E-state index contributed by atoms with van der Waals surface area (Å²) in [6, 6.07) is 0. The van der Waals surface area contributed by atoms with Gasteiger partial charge in [0, 0.05) is 0 Å². The first kappa shape index (κ1) is 16.6. The van der Waals surface area contributed by atoms with Gasteiger partial charge in [-0.25, -0.2) is 0 Å². The van der Waals surface area contributed by atoms with Crippen LogP contribution in [0.25, 0.3) is 0 Å². The summed E-state index contributed by atoms with van der Waals surface area (Å²) in [6.07, 6.45) is -8.09. The topological polar surface area (TPSA) is 18.5 Å². The van der Waals surface area contributed by atoms with Gasteiger partial charge in [-0.3, -0.25) is 0 Å². The zero-order valence-corrected chi connectivity index (χ0v) is 9.20. The van der Waals surface area contributed by atoms with Gasteiger partial charge in [0.15, 0.2) is 0 Å². The molecule has 0 atom stereocenters. The van der Waals surface area contributed by atoms with Crippen LogP contribution in [0.15, 0.2) is 0 Å². The summed E-state index contributed by atoms with van der Waals surface area (Å²) in [7, 11) is -1.47. The quantitative estimate of drug-likeness (QED) is 0.519. The number of unbranched alkanes of at least 4 members (excludes halogenated alkanes) is 1. The Morgan fingerprint density at radius 3 is 1.59 bits per heavy atom. The van der Waals surface area contributed by atoms with Gasteiger partial charge < -0.3 is 9.31 Å². The summed E-state index contributed by atoms with van der Waals surface area (Å²) < 4.78 is 79.4. The van der Waals surface area contributed by atoms with Crippen molar-refractivity contribution in [3.8, 4) is 0 Å². The number of halogens is 6. The zero-order chi connectivity index (χ0) is 13.5. The Morgan fingerprint density at radius 2 is 1.29 bits per heavy atom. The highest BCUT2D eigenvalue weighted by atomic mass is 19.4. The molecule has 0 aliphatic heterocycles. The van der Waals surface area contributed by atoms with Crippen molar-refractivity contribution < 1.29 is 35.7 Å². The van der Waals surface area contributed by atoms with E-state index in [4.69, 9.17) is 0 Å². The van der Waals surface area contributed by atoms with Gasteiger partial charge in [0.2, 0.25) is 0 Å². The average molecular weight is 266 g/mol. The molecule has 0 spiro atoms. The number of hydrogen-bond acceptors (Lipinski definition) is 2. The molecule has 0 radical (unpaired) electrons. The predicted molar refractivity (Wildman–Crippen MR) is 49.5 cm³/mol. The van der Waals surface area contributed by atoms with Crippen molar-refractivity contribution in [2.24, 2.45) is 0 Å². The number of hydrogen-bond donors (Lipinski definition) is 0. The van der Waals surface area contributed by atoms with Crippen LogP contribution < -0.4 is 0 Å². The van der Waals surface area contributed by atoms with Crippen LogP contribution in [0.4, 0.5) is 26.3 Å². The van der Waals surface area contributed by atoms with Crippen molar-refractivity contribution in [1.29, 1.82) is 0 Å². The highest BCUT2D eigenvalue weighted by molar-refractivity contribution is 6.44. The minimum atomic E-state index is -4.58. The third kappa shape index (κ3) is 11.8. The largest absolute Gasteiger partial charge is 0.457 e. The van der Waals surface area contributed by atoms with E-state index in [1.165, 1.54) is 0 Å². The second-order valence-electron chi connectivity index (χ2n) is 3.42. The maximum atomic E-state index is 11.8. The molecule has 0 amide bonds. The van der Waals surface area contributed by atoms with E-state index in [1.54, 1.807) is 6.92 Å². The van der Waals surface area contributed by atoms with E-state index >= 15 is 0 Å². The van der Waals surface area contributed by atoms with Gasteiger partial charge in [-0.1, -0.05) is 19.8 Å². The third-order valence-corrected chi connectivity index (χ3v) is 1.66. The third-order valence-electron chi connectivity index (χ3n) is 1.66. The van der Waals surface area contributed by atoms with Crippen molar-refractivity contribution in [2.45, 2.75) is 38.4 Å². The Balaban J connectivity index is 4.05. The fraction of sp³-hybridized carbons (Fsp3) is 1.00. The fourth-order valence-electron chi connectivity index (χ4n) is 0.960. The van der Waals surface area contributed by atoms with Crippen LogP contribution in [0.1, 0.15) is 19.8 Å². The van der Waals surface area contributed by atoms with Gasteiger partial charge in [0.1, 0.15) is 13.2 Å². The normalized spacial score (nSPS) is 12.9. The summed E-state index contributed by atoms with van der Waals surface area (Å²) in [5.74, 6) is 0. The van der Waals surface area contributed by atoms with Gasteiger partial charge >= 0.3 is 19.5 Å². The first-order valence-electron chi connectivity index (χ1n) is 5.01. The summed E-state index contributed by atoms with van der Waals surface area (Å²) in [6.45, 7) is -1.47. The van der Waals surface area contributed by atoms with Crippen molar-refractivity contribution in [3.63, 3.8) is 0 Å². The van der Waals surface area contributed by atoms with Crippen molar-refractivity contribution in [3.05, 3.63) is 0 Å². The van der Waals surface area contributed by atoms with Crippen LogP contribution in [-0.2, 0) is 9.31 Å². The lowest BCUT2D eigenvalue weighted by atomic mass is 9.82. The fourth-order valence-corrected chi connectivity index (χ4v) is 0.960. The van der Waals surface area contributed by atoms with Crippen molar-refractivity contribution in [2.75, 3.05) is 13.2 Å². The number of rotatable bonds is 7. The lowest BCUT2D eigenvalue weighted by molar-refractivity contribution is -0.168. The molecule has 0 aromatic carbocycles. The standard InChI is InChI=1S/C8H13BF6O2/c1-2-3-4-9(16-5-7(10,11)12)17-6-8(13,14)15/h2-6H2,1H3. The molecular weight excluding hydrogens is 253 g/mol. The lowest BCUT2D eigenvalue weighted by Gasteiger charge is -2.16. The molecule has 0 aliphatic carbocycles. The van der Waals surface area contributed by atoms with E-state index in [-0.39, 0.29) is 6.32 Å². The molecule has 0 unspecified atom stereocenters. The Bertz CT molecular complexity index is 187. The highest BCUT2D eigenvalue weighted by Gasteiger charge is 2.34. The van der Waals surface area contributed by atoms with Gasteiger partial charge in [-0.15, -0.1) is 0 Å².